The van der Waals surface area contributed by atoms with Crippen molar-refractivity contribution in [1.82, 2.24) is 10.5 Å². The first-order chi connectivity index (χ1) is 12.1. The van der Waals surface area contributed by atoms with Crippen LogP contribution in [0.2, 0.25) is 0 Å². The van der Waals surface area contributed by atoms with E-state index in [9.17, 15) is 4.79 Å². The number of aromatic nitrogens is 1. The summed E-state index contributed by atoms with van der Waals surface area (Å²) in [4.78, 5) is 12.6. The Hall–Kier alpha value is -2.82. The highest BCUT2D eigenvalue weighted by molar-refractivity contribution is 5.95. The number of rotatable bonds is 3. The van der Waals surface area contributed by atoms with Crippen molar-refractivity contribution < 1.29 is 14.1 Å². The first-order valence-electron chi connectivity index (χ1n) is 8.52. The lowest BCUT2D eigenvalue weighted by atomic mass is 9.96. The van der Waals surface area contributed by atoms with Crippen LogP contribution in [0.3, 0.4) is 0 Å². The first-order valence-corrected chi connectivity index (χ1v) is 8.52. The van der Waals surface area contributed by atoms with Crippen LogP contribution < -0.4 is 10.1 Å². The van der Waals surface area contributed by atoms with Gasteiger partial charge in [-0.15, -0.1) is 0 Å². The van der Waals surface area contributed by atoms with Crippen molar-refractivity contribution in [3.05, 3.63) is 59.5 Å². The van der Waals surface area contributed by atoms with Gasteiger partial charge in [-0.2, -0.15) is 0 Å². The molecule has 0 aliphatic carbocycles. The van der Waals surface area contributed by atoms with Crippen LogP contribution in [0.25, 0.3) is 10.8 Å². The number of amides is 1. The number of ether oxygens (including phenoxy) is 1. The minimum absolute atomic E-state index is 0.0827. The van der Waals surface area contributed by atoms with Crippen LogP contribution in [0.5, 0.6) is 5.75 Å². The quantitative estimate of drug-likeness (QED) is 0.792. The number of carbonyl (C=O) groups excluding carboxylic acids is 1. The molecule has 0 fully saturated rings. The molecule has 1 N–H and O–H groups in total. The van der Waals surface area contributed by atoms with E-state index in [1.165, 1.54) is 17.0 Å². The molecule has 0 saturated heterocycles. The van der Waals surface area contributed by atoms with Crippen molar-refractivity contribution in [3.63, 3.8) is 0 Å². The number of hydrogen-bond acceptors (Lipinski definition) is 4. The van der Waals surface area contributed by atoms with Crippen molar-refractivity contribution in [1.29, 1.82) is 0 Å². The van der Waals surface area contributed by atoms with E-state index in [2.05, 4.69) is 28.7 Å². The standard InChI is InChI=1S/C20H20N2O3/c1-12(2)19-17(11-25-22-19)20(23)21-14-9-16-15-6-4-3-5-13(15)7-8-18(16)24-10-14/h3-8,11-12,14H,9-10H2,1-2H3,(H,21,23). The summed E-state index contributed by atoms with van der Waals surface area (Å²) in [5.41, 5.74) is 2.32. The molecular formula is C20H20N2O3. The van der Waals surface area contributed by atoms with Gasteiger partial charge in [0.05, 0.1) is 11.7 Å². The minimum Gasteiger partial charge on any atom is -0.491 e. The van der Waals surface area contributed by atoms with Gasteiger partial charge in [0.2, 0.25) is 0 Å². The summed E-state index contributed by atoms with van der Waals surface area (Å²) in [6.07, 6.45) is 2.16. The maximum Gasteiger partial charge on any atom is 0.256 e. The summed E-state index contributed by atoms with van der Waals surface area (Å²) in [5.74, 6) is 0.867. The average molecular weight is 336 g/mol. The summed E-state index contributed by atoms with van der Waals surface area (Å²) in [7, 11) is 0. The fourth-order valence-electron chi connectivity index (χ4n) is 3.34. The maximum absolute atomic E-state index is 12.6. The van der Waals surface area contributed by atoms with Crippen LogP contribution in [-0.4, -0.2) is 23.7 Å². The Morgan fingerprint density at radius 1 is 1.24 bits per heavy atom. The van der Waals surface area contributed by atoms with Crippen molar-refractivity contribution in [3.8, 4) is 5.75 Å². The Morgan fingerprint density at radius 2 is 2.08 bits per heavy atom. The predicted molar refractivity (Wildman–Crippen MR) is 95.0 cm³/mol. The van der Waals surface area contributed by atoms with Crippen molar-refractivity contribution >= 4 is 16.7 Å². The van der Waals surface area contributed by atoms with E-state index in [0.717, 1.165) is 17.7 Å². The third-order valence-electron chi connectivity index (χ3n) is 4.61. The number of nitrogens with one attached hydrogen (secondary N) is 1. The molecule has 0 bridgehead atoms. The molecule has 1 atom stereocenters. The average Bonchev–Trinajstić information content (AvgIpc) is 3.12. The summed E-state index contributed by atoms with van der Waals surface area (Å²) in [5, 5.41) is 9.35. The molecule has 1 amide bonds. The van der Waals surface area contributed by atoms with Gasteiger partial charge in [-0.1, -0.05) is 49.3 Å². The lowest BCUT2D eigenvalue weighted by Crippen LogP contribution is -2.43. The second-order valence-electron chi connectivity index (χ2n) is 6.72. The molecule has 1 unspecified atom stereocenters. The van der Waals surface area contributed by atoms with Gasteiger partial charge >= 0.3 is 0 Å². The van der Waals surface area contributed by atoms with Gasteiger partial charge in [0.25, 0.3) is 5.91 Å². The Bertz CT molecular complexity index is 930. The minimum atomic E-state index is -0.165. The summed E-state index contributed by atoms with van der Waals surface area (Å²) in [6, 6.07) is 12.2. The zero-order chi connectivity index (χ0) is 17.4. The molecule has 1 aliphatic heterocycles. The molecule has 4 rings (SSSR count). The Kier molecular flexibility index (Phi) is 3.92. The highest BCUT2D eigenvalue weighted by Gasteiger charge is 2.26. The number of hydrogen-bond donors (Lipinski definition) is 1. The van der Waals surface area contributed by atoms with Gasteiger partial charge < -0.3 is 14.6 Å². The third kappa shape index (κ3) is 2.86. The van der Waals surface area contributed by atoms with Crippen LogP contribution >= 0.6 is 0 Å². The Balaban J connectivity index is 1.57. The van der Waals surface area contributed by atoms with Gasteiger partial charge in [-0.05, 0) is 22.8 Å². The summed E-state index contributed by atoms with van der Waals surface area (Å²) >= 11 is 0. The fraction of sp³-hybridized carbons (Fsp3) is 0.300. The van der Waals surface area contributed by atoms with E-state index in [0.29, 0.717) is 17.9 Å². The number of carbonyl (C=O) groups is 1. The zero-order valence-electron chi connectivity index (χ0n) is 14.3. The molecule has 5 heteroatoms. The molecule has 0 radical (unpaired) electrons. The highest BCUT2D eigenvalue weighted by atomic mass is 16.5. The Morgan fingerprint density at radius 3 is 2.92 bits per heavy atom. The van der Waals surface area contributed by atoms with Gasteiger partial charge in [0, 0.05) is 12.0 Å². The molecule has 1 aromatic heterocycles. The molecule has 128 valence electrons. The molecule has 0 spiro atoms. The van der Waals surface area contributed by atoms with Crippen LogP contribution in [-0.2, 0) is 6.42 Å². The van der Waals surface area contributed by atoms with Crippen molar-refractivity contribution in [2.75, 3.05) is 6.61 Å². The molecule has 25 heavy (non-hydrogen) atoms. The molecular weight excluding hydrogens is 316 g/mol. The van der Waals surface area contributed by atoms with E-state index < -0.39 is 0 Å². The number of nitrogens with zero attached hydrogens (tertiary/aromatic N) is 1. The summed E-state index contributed by atoms with van der Waals surface area (Å²) in [6.45, 7) is 4.43. The van der Waals surface area contributed by atoms with Crippen molar-refractivity contribution in [2.45, 2.75) is 32.2 Å². The monoisotopic (exact) mass is 336 g/mol. The van der Waals surface area contributed by atoms with E-state index in [4.69, 9.17) is 9.26 Å². The normalized spacial score (nSPS) is 16.5. The molecule has 0 saturated carbocycles. The highest BCUT2D eigenvalue weighted by Crippen LogP contribution is 2.32. The van der Waals surface area contributed by atoms with Crippen LogP contribution in [0.15, 0.2) is 47.2 Å². The third-order valence-corrected chi connectivity index (χ3v) is 4.61. The number of benzene rings is 2. The van der Waals surface area contributed by atoms with Crippen molar-refractivity contribution in [2.24, 2.45) is 0 Å². The maximum atomic E-state index is 12.6. The van der Waals surface area contributed by atoms with Crippen LogP contribution in [0, 0.1) is 0 Å². The molecule has 2 aromatic carbocycles. The van der Waals surface area contributed by atoms with Gasteiger partial charge in [0.15, 0.2) is 0 Å². The lowest BCUT2D eigenvalue weighted by molar-refractivity contribution is 0.0914. The van der Waals surface area contributed by atoms with Gasteiger partial charge in [-0.3, -0.25) is 4.79 Å². The van der Waals surface area contributed by atoms with E-state index in [1.807, 2.05) is 32.0 Å². The fourth-order valence-corrected chi connectivity index (χ4v) is 3.34. The molecule has 2 heterocycles. The molecule has 5 nitrogen and oxygen atoms in total. The lowest BCUT2D eigenvalue weighted by Gasteiger charge is -2.27. The largest absolute Gasteiger partial charge is 0.491 e. The van der Waals surface area contributed by atoms with Gasteiger partial charge in [-0.25, -0.2) is 0 Å². The smallest absolute Gasteiger partial charge is 0.256 e. The molecule has 3 aromatic rings. The Labute approximate surface area is 146 Å². The zero-order valence-corrected chi connectivity index (χ0v) is 14.3. The topological polar surface area (TPSA) is 64.4 Å². The van der Waals surface area contributed by atoms with E-state index >= 15 is 0 Å². The second kappa shape index (κ2) is 6.24. The summed E-state index contributed by atoms with van der Waals surface area (Å²) < 4.78 is 10.9. The second-order valence-corrected chi connectivity index (χ2v) is 6.72. The number of fused-ring (bicyclic) bond motifs is 3. The predicted octanol–water partition coefficient (Wildman–Crippen LogP) is 3.68. The van der Waals surface area contributed by atoms with Gasteiger partial charge in [0.1, 0.15) is 24.2 Å². The molecule has 1 aliphatic rings. The first kappa shape index (κ1) is 15.7. The van der Waals surface area contributed by atoms with Crippen LogP contribution in [0.1, 0.15) is 41.4 Å². The SMILES string of the molecule is CC(C)c1nocc1C(=O)NC1COc2ccc3ccccc3c2C1. The van der Waals surface area contributed by atoms with E-state index in [1.54, 1.807) is 0 Å². The van der Waals surface area contributed by atoms with Crippen LogP contribution in [0.4, 0.5) is 0 Å². The van der Waals surface area contributed by atoms with E-state index in [-0.39, 0.29) is 17.9 Å².